The lowest BCUT2D eigenvalue weighted by atomic mass is 10.1. The minimum Gasteiger partial charge on any atom is -0.484 e. The first kappa shape index (κ1) is 23.0. The van der Waals surface area contributed by atoms with Crippen LogP contribution in [0.1, 0.15) is 39.5 Å². The van der Waals surface area contributed by atoms with Gasteiger partial charge in [-0.25, -0.2) is 12.7 Å². The van der Waals surface area contributed by atoms with E-state index in [9.17, 15) is 8.42 Å². The van der Waals surface area contributed by atoms with E-state index in [1.165, 1.54) is 4.31 Å². The van der Waals surface area contributed by atoms with Crippen molar-refractivity contribution >= 4 is 10.0 Å². The van der Waals surface area contributed by atoms with Crippen LogP contribution in [-0.4, -0.2) is 36.5 Å². The second kappa shape index (κ2) is 9.20. The van der Waals surface area contributed by atoms with Gasteiger partial charge in [-0.1, -0.05) is 28.9 Å². The molecule has 0 aliphatic rings. The zero-order valence-corrected chi connectivity index (χ0v) is 19.7. The fourth-order valence-corrected chi connectivity index (χ4v) is 5.29. The van der Waals surface area contributed by atoms with Gasteiger partial charge in [-0.2, -0.15) is 4.98 Å². The van der Waals surface area contributed by atoms with Gasteiger partial charge in [0.25, 0.3) is 5.89 Å². The van der Waals surface area contributed by atoms with E-state index in [4.69, 9.17) is 9.26 Å². The number of aryl methyl sites for hydroxylation is 5. The van der Waals surface area contributed by atoms with Gasteiger partial charge in [-0.3, -0.25) is 0 Å². The first-order chi connectivity index (χ1) is 14.6. The zero-order valence-electron chi connectivity index (χ0n) is 18.9. The van der Waals surface area contributed by atoms with Crippen LogP contribution in [0, 0.1) is 34.6 Å². The van der Waals surface area contributed by atoms with Gasteiger partial charge in [0.15, 0.2) is 12.4 Å². The Bertz CT molecular complexity index is 1140. The van der Waals surface area contributed by atoms with Crippen LogP contribution in [0.25, 0.3) is 0 Å². The van der Waals surface area contributed by atoms with Crippen molar-refractivity contribution in [2.75, 3.05) is 13.6 Å². The summed E-state index contributed by atoms with van der Waals surface area (Å²) < 4.78 is 38.5. The van der Waals surface area contributed by atoms with Gasteiger partial charge in [0, 0.05) is 20.0 Å². The highest BCUT2D eigenvalue weighted by molar-refractivity contribution is 7.89. The standard InChI is InChI=1S/C23H29N3O4S/c1-15-9-16(2)13-20(12-15)29-14-22-24-21(25-30-22)7-8-26(6)31(27,28)23-18(4)10-17(3)11-19(23)5/h9-13H,7-8,14H2,1-6H3. The van der Waals surface area contributed by atoms with Crippen LogP contribution < -0.4 is 4.74 Å². The molecule has 7 nitrogen and oxygen atoms in total. The van der Waals surface area contributed by atoms with Gasteiger partial charge in [0.1, 0.15) is 5.75 Å². The van der Waals surface area contributed by atoms with Gasteiger partial charge in [0.2, 0.25) is 10.0 Å². The molecule has 31 heavy (non-hydrogen) atoms. The van der Waals surface area contributed by atoms with Crippen molar-refractivity contribution in [2.45, 2.75) is 52.5 Å². The fourth-order valence-electron chi connectivity index (χ4n) is 3.72. The molecule has 0 saturated carbocycles. The molecule has 166 valence electrons. The topological polar surface area (TPSA) is 85.5 Å². The average molecular weight is 444 g/mol. The summed E-state index contributed by atoms with van der Waals surface area (Å²) in [6, 6.07) is 9.73. The normalized spacial score (nSPS) is 11.8. The SMILES string of the molecule is Cc1cc(C)cc(OCc2nc(CCN(C)S(=O)(=O)c3c(C)cc(C)cc3C)no2)c1. The molecule has 1 aromatic heterocycles. The minimum absolute atomic E-state index is 0.159. The van der Waals surface area contributed by atoms with Gasteiger partial charge in [-0.15, -0.1) is 0 Å². The zero-order chi connectivity index (χ0) is 22.8. The van der Waals surface area contributed by atoms with Gasteiger partial charge in [-0.05, 0) is 69.0 Å². The van der Waals surface area contributed by atoms with Crippen molar-refractivity contribution < 1.29 is 17.7 Å². The van der Waals surface area contributed by atoms with E-state index in [0.29, 0.717) is 23.0 Å². The highest BCUT2D eigenvalue weighted by atomic mass is 32.2. The maximum atomic E-state index is 13.1. The predicted octanol–water partition coefficient (Wildman–Crippen LogP) is 4.05. The molecule has 0 fully saturated rings. The minimum atomic E-state index is -3.61. The monoisotopic (exact) mass is 443 g/mol. The third-order valence-corrected chi connectivity index (χ3v) is 7.15. The van der Waals surface area contributed by atoms with Gasteiger partial charge < -0.3 is 9.26 Å². The number of benzene rings is 2. The number of rotatable bonds is 8. The second-order valence-electron chi connectivity index (χ2n) is 8.02. The summed E-state index contributed by atoms with van der Waals surface area (Å²) in [5.74, 6) is 1.54. The third kappa shape index (κ3) is 5.51. The van der Waals surface area contributed by atoms with Crippen LogP contribution in [0.15, 0.2) is 39.8 Å². The van der Waals surface area contributed by atoms with Crippen molar-refractivity contribution in [3.05, 3.63) is 69.9 Å². The van der Waals surface area contributed by atoms with E-state index >= 15 is 0 Å². The maximum absolute atomic E-state index is 13.1. The van der Waals surface area contributed by atoms with E-state index in [1.54, 1.807) is 7.05 Å². The van der Waals surface area contributed by atoms with Crippen LogP contribution >= 0.6 is 0 Å². The molecule has 0 spiro atoms. The summed E-state index contributed by atoms with van der Waals surface area (Å²) in [5.41, 5.74) is 4.76. The Morgan fingerprint density at radius 3 is 2.13 bits per heavy atom. The molecular weight excluding hydrogens is 414 g/mol. The first-order valence-corrected chi connectivity index (χ1v) is 11.6. The number of aromatic nitrogens is 2. The molecule has 0 amide bonds. The van der Waals surface area contributed by atoms with Crippen LogP contribution in [-0.2, 0) is 23.1 Å². The fraction of sp³-hybridized carbons (Fsp3) is 0.391. The predicted molar refractivity (Wildman–Crippen MR) is 119 cm³/mol. The highest BCUT2D eigenvalue weighted by Gasteiger charge is 2.25. The molecule has 1 heterocycles. The second-order valence-corrected chi connectivity index (χ2v) is 10.0. The third-order valence-electron chi connectivity index (χ3n) is 4.99. The van der Waals surface area contributed by atoms with Crippen LogP contribution in [0.4, 0.5) is 0 Å². The van der Waals surface area contributed by atoms with E-state index in [0.717, 1.165) is 33.6 Å². The number of ether oxygens (including phenoxy) is 1. The summed E-state index contributed by atoms with van der Waals surface area (Å²) in [7, 11) is -2.04. The smallest absolute Gasteiger partial charge is 0.264 e. The Balaban J connectivity index is 1.62. The highest BCUT2D eigenvalue weighted by Crippen LogP contribution is 2.24. The van der Waals surface area contributed by atoms with Crippen LogP contribution in [0.3, 0.4) is 0 Å². The van der Waals surface area contributed by atoms with Crippen molar-refractivity contribution in [3.63, 3.8) is 0 Å². The Hall–Kier alpha value is -2.71. The summed E-state index contributed by atoms with van der Waals surface area (Å²) in [6.07, 6.45) is 0.340. The number of hydrogen-bond donors (Lipinski definition) is 0. The molecule has 0 saturated heterocycles. The molecule has 0 aliphatic carbocycles. The quantitative estimate of drug-likeness (QED) is 0.522. The van der Waals surface area contributed by atoms with E-state index in [-0.39, 0.29) is 13.2 Å². The molecule has 0 atom stereocenters. The molecule has 3 aromatic rings. The molecule has 0 radical (unpaired) electrons. The largest absolute Gasteiger partial charge is 0.484 e. The number of likely N-dealkylation sites (N-methyl/N-ethyl adjacent to an activating group) is 1. The summed E-state index contributed by atoms with van der Waals surface area (Å²) in [6.45, 7) is 10.0. The molecule has 0 N–H and O–H groups in total. The molecule has 0 bridgehead atoms. The average Bonchev–Trinajstić information content (AvgIpc) is 3.10. The van der Waals surface area contributed by atoms with Crippen LogP contribution in [0.5, 0.6) is 5.75 Å². The summed E-state index contributed by atoms with van der Waals surface area (Å²) in [5, 5.41) is 3.95. The van der Waals surface area contributed by atoms with Gasteiger partial charge >= 0.3 is 0 Å². The van der Waals surface area contributed by atoms with Crippen molar-refractivity contribution in [1.29, 1.82) is 0 Å². The number of hydrogen-bond acceptors (Lipinski definition) is 6. The van der Waals surface area contributed by atoms with Crippen molar-refractivity contribution in [2.24, 2.45) is 0 Å². The van der Waals surface area contributed by atoms with E-state index in [2.05, 4.69) is 16.2 Å². The van der Waals surface area contributed by atoms with E-state index in [1.807, 2.05) is 58.9 Å². The Labute approximate surface area is 184 Å². The number of nitrogens with zero attached hydrogens (tertiary/aromatic N) is 3. The van der Waals surface area contributed by atoms with Crippen molar-refractivity contribution in [3.8, 4) is 5.75 Å². The molecule has 0 unspecified atom stereocenters. The molecule has 2 aromatic carbocycles. The molecular formula is C23H29N3O4S. The maximum Gasteiger partial charge on any atom is 0.264 e. The lowest BCUT2D eigenvalue weighted by Gasteiger charge is -2.20. The molecule has 8 heteroatoms. The lowest BCUT2D eigenvalue weighted by Crippen LogP contribution is -2.30. The first-order valence-electron chi connectivity index (χ1n) is 10.1. The Morgan fingerprint density at radius 1 is 0.935 bits per heavy atom. The van der Waals surface area contributed by atoms with Crippen molar-refractivity contribution in [1.82, 2.24) is 14.4 Å². The summed E-state index contributed by atoms with van der Waals surface area (Å²) in [4.78, 5) is 4.68. The van der Waals surface area contributed by atoms with Crippen LogP contribution in [0.2, 0.25) is 0 Å². The Kier molecular flexibility index (Phi) is 6.81. The van der Waals surface area contributed by atoms with E-state index < -0.39 is 10.0 Å². The van der Waals surface area contributed by atoms with Gasteiger partial charge in [0.05, 0.1) is 4.90 Å². The number of sulfonamides is 1. The summed E-state index contributed by atoms with van der Waals surface area (Å²) >= 11 is 0. The Morgan fingerprint density at radius 2 is 1.52 bits per heavy atom. The lowest BCUT2D eigenvalue weighted by molar-refractivity contribution is 0.242. The molecule has 0 aliphatic heterocycles. The molecule has 3 rings (SSSR count).